The Morgan fingerprint density at radius 3 is 2.91 bits per heavy atom. The van der Waals surface area contributed by atoms with Crippen molar-refractivity contribution in [1.82, 2.24) is 15.6 Å². The zero-order valence-electron chi connectivity index (χ0n) is 18.4. The standard InChI is InChI=1S/C21H30N4O6S/c1-12(2)17-19(28)31-13(6-4-5-7-26)8-15(27)22-9-16-23-14(10-30-16)18-25-21(3,11-32-18)20(29)24-17/h4,6,10,12-13,15,17,22,26-27H,5,7-9,11H2,1-3H3,(H,24,29)/b6-4+/t13-,15?,17+,21+/m1/s1. The number of amides is 1. The Morgan fingerprint density at radius 2 is 2.19 bits per heavy atom. The quantitative estimate of drug-likeness (QED) is 0.372. The molecular weight excluding hydrogens is 436 g/mol. The van der Waals surface area contributed by atoms with Crippen LogP contribution in [0.3, 0.4) is 0 Å². The lowest BCUT2D eigenvalue weighted by molar-refractivity contribution is -0.153. The third-order valence-corrected chi connectivity index (χ3v) is 6.44. The monoisotopic (exact) mass is 466 g/mol. The van der Waals surface area contributed by atoms with Crippen LogP contribution in [0.25, 0.3) is 0 Å². The highest BCUT2D eigenvalue weighted by Crippen LogP contribution is 2.31. The number of cyclic esters (lactones) is 1. The van der Waals surface area contributed by atoms with Gasteiger partial charge >= 0.3 is 5.97 Å². The van der Waals surface area contributed by atoms with E-state index in [2.05, 4.69) is 20.6 Å². The van der Waals surface area contributed by atoms with Crippen molar-refractivity contribution in [3.63, 3.8) is 0 Å². The van der Waals surface area contributed by atoms with E-state index in [1.54, 1.807) is 19.1 Å². The van der Waals surface area contributed by atoms with Crippen molar-refractivity contribution in [3.8, 4) is 0 Å². The minimum Gasteiger partial charge on any atom is -0.456 e. The first-order valence-corrected chi connectivity index (χ1v) is 11.6. The molecule has 4 bridgehead atoms. The molecule has 1 unspecified atom stereocenters. The molecule has 0 saturated carbocycles. The van der Waals surface area contributed by atoms with Gasteiger partial charge in [0.15, 0.2) is 0 Å². The van der Waals surface area contributed by atoms with Crippen LogP contribution in [0, 0.1) is 5.92 Å². The van der Waals surface area contributed by atoms with E-state index in [9.17, 15) is 14.7 Å². The number of rotatable bonds is 4. The topological polar surface area (TPSA) is 146 Å². The zero-order chi connectivity index (χ0) is 23.3. The number of aliphatic imine (C=N–C) groups is 1. The Hall–Kier alpha value is -2.21. The van der Waals surface area contributed by atoms with E-state index in [4.69, 9.17) is 14.3 Å². The fraction of sp³-hybridized carbons (Fsp3) is 0.619. The highest BCUT2D eigenvalue weighted by molar-refractivity contribution is 8.14. The molecule has 0 aromatic carbocycles. The largest absolute Gasteiger partial charge is 0.456 e. The summed E-state index contributed by atoms with van der Waals surface area (Å²) in [5.74, 6) is -0.438. The molecule has 2 aliphatic heterocycles. The van der Waals surface area contributed by atoms with Gasteiger partial charge in [-0.25, -0.2) is 9.78 Å². The van der Waals surface area contributed by atoms with Crippen molar-refractivity contribution in [2.75, 3.05) is 12.4 Å². The van der Waals surface area contributed by atoms with Crippen molar-refractivity contribution in [2.45, 2.75) is 64.1 Å². The number of aromatic nitrogens is 1. The summed E-state index contributed by atoms with van der Waals surface area (Å²) in [6.07, 6.45) is 3.46. The summed E-state index contributed by atoms with van der Waals surface area (Å²) in [4.78, 5) is 35.0. The van der Waals surface area contributed by atoms with Gasteiger partial charge in [-0.1, -0.05) is 19.9 Å². The summed E-state index contributed by atoms with van der Waals surface area (Å²) in [5.41, 5.74) is -0.534. The van der Waals surface area contributed by atoms with Crippen LogP contribution < -0.4 is 10.6 Å². The maximum Gasteiger partial charge on any atom is 0.329 e. The first-order valence-electron chi connectivity index (χ1n) is 10.6. The normalized spacial score (nSPS) is 29.8. The van der Waals surface area contributed by atoms with Crippen LogP contribution in [-0.2, 0) is 20.9 Å². The molecule has 3 heterocycles. The summed E-state index contributed by atoms with van der Waals surface area (Å²) in [6, 6.07) is -0.881. The molecule has 2 aliphatic rings. The van der Waals surface area contributed by atoms with Gasteiger partial charge in [0, 0.05) is 18.8 Å². The molecule has 0 radical (unpaired) electrons. The number of nitrogens with zero attached hydrogens (tertiary/aromatic N) is 2. The Balaban J connectivity index is 1.91. The number of carbonyl (C=O) groups excluding carboxylic acids is 2. The van der Waals surface area contributed by atoms with Crippen molar-refractivity contribution >= 4 is 28.7 Å². The minimum atomic E-state index is -1.06. The Bertz CT molecular complexity index is 885. The molecule has 4 atom stereocenters. The second kappa shape index (κ2) is 10.6. The van der Waals surface area contributed by atoms with Crippen LogP contribution in [0.1, 0.15) is 45.2 Å². The summed E-state index contributed by atoms with van der Waals surface area (Å²) in [6.45, 7) is 5.46. The molecule has 1 aromatic rings. The number of nitrogens with one attached hydrogen (secondary N) is 2. The lowest BCUT2D eigenvalue weighted by atomic mass is 10.0. The Kier molecular flexibility index (Phi) is 8.10. The maximum absolute atomic E-state index is 13.1. The number of aliphatic hydroxyl groups excluding tert-OH is 2. The molecule has 1 aromatic heterocycles. The molecule has 0 saturated heterocycles. The average molecular weight is 467 g/mol. The van der Waals surface area contributed by atoms with E-state index in [0.717, 1.165) is 0 Å². The second-order valence-electron chi connectivity index (χ2n) is 8.35. The van der Waals surface area contributed by atoms with Crippen molar-refractivity contribution < 1.29 is 29.0 Å². The van der Waals surface area contributed by atoms with Gasteiger partial charge < -0.3 is 24.7 Å². The molecule has 176 valence electrons. The van der Waals surface area contributed by atoms with Crippen LogP contribution in [0.5, 0.6) is 0 Å². The molecular formula is C21H30N4O6S. The van der Waals surface area contributed by atoms with Crippen LogP contribution in [0.4, 0.5) is 0 Å². The molecule has 3 rings (SSSR count). The van der Waals surface area contributed by atoms with Crippen LogP contribution >= 0.6 is 11.8 Å². The fourth-order valence-corrected chi connectivity index (χ4v) is 4.37. The van der Waals surface area contributed by atoms with Crippen molar-refractivity contribution in [3.05, 3.63) is 30.0 Å². The van der Waals surface area contributed by atoms with E-state index in [-0.39, 0.29) is 31.4 Å². The van der Waals surface area contributed by atoms with Crippen LogP contribution in [0.15, 0.2) is 27.8 Å². The summed E-state index contributed by atoms with van der Waals surface area (Å²) < 4.78 is 11.1. The number of esters is 1. The van der Waals surface area contributed by atoms with Gasteiger partial charge in [0.05, 0.1) is 6.54 Å². The Labute approximate surface area is 190 Å². The zero-order valence-corrected chi connectivity index (χ0v) is 19.2. The smallest absolute Gasteiger partial charge is 0.329 e. The number of oxazole rings is 1. The number of hydrogen-bond donors (Lipinski definition) is 4. The van der Waals surface area contributed by atoms with Gasteiger partial charge in [0.2, 0.25) is 11.8 Å². The summed E-state index contributed by atoms with van der Waals surface area (Å²) in [5, 5.41) is 25.7. The third-order valence-electron chi connectivity index (χ3n) is 5.16. The van der Waals surface area contributed by atoms with Crippen LogP contribution in [0.2, 0.25) is 0 Å². The molecule has 10 nitrogen and oxygen atoms in total. The van der Waals surface area contributed by atoms with Gasteiger partial charge in [-0.05, 0) is 25.3 Å². The number of carbonyl (C=O) groups is 2. The third kappa shape index (κ3) is 5.97. The first kappa shape index (κ1) is 24.4. The van der Waals surface area contributed by atoms with Crippen molar-refractivity contribution in [1.29, 1.82) is 0 Å². The molecule has 0 spiro atoms. The molecule has 32 heavy (non-hydrogen) atoms. The van der Waals surface area contributed by atoms with E-state index >= 15 is 0 Å². The number of aliphatic hydroxyl groups is 2. The maximum atomic E-state index is 13.1. The highest BCUT2D eigenvalue weighted by atomic mass is 32.2. The molecule has 1 amide bonds. The number of fused-ring (bicyclic) bond motifs is 4. The van der Waals surface area contributed by atoms with Gasteiger partial charge in [-0.15, -0.1) is 11.8 Å². The van der Waals surface area contributed by atoms with Crippen molar-refractivity contribution in [2.24, 2.45) is 10.9 Å². The number of ether oxygens (including phenoxy) is 1. The summed E-state index contributed by atoms with van der Waals surface area (Å²) in [7, 11) is 0. The molecule has 0 aliphatic carbocycles. The highest BCUT2D eigenvalue weighted by Gasteiger charge is 2.41. The lowest BCUT2D eigenvalue weighted by Crippen LogP contribution is -2.53. The lowest BCUT2D eigenvalue weighted by Gasteiger charge is -2.27. The van der Waals surface area contributed by atoms with E-state index in [0.29, 0.717) is 28.8 Å². The van der Waals surface area contributed by atoms with Gasteiger partial charge in [-0.2, -0.15) is 0 Å². The predicted molar refractivity (Wildman–Crippen MR) is 119 cm³/mol. The minimum absolute atomic E-state index is 0.0474. The molecule has 0 fully saturated rings. The number of hydrogen-bond acceptors (Lipinski definition) is 10. The number of thioether (sulfide) groups is 1. The summed E-state index contributed by atoms with van der Waals surface area (Å²) >= 11 is 1.39. The predicted octanol–water partition coefficient (Wildman–Crippen LogP) is 0.730. The van der Waals surface area contributed by atoms with E-state index < -0.39 is 29.9 Å². The van der Waals surface area contributed by atoms with E-state index in [1.807, 2.05) is 13.8 Å². The van der Waals surface area contributed by atoms with Crippen LogP contribution in [-0.4, -0.2) is 68.4 Å². The molecule has 11 heteroatoms. The first-order chi connectivity index (χ1) is 15.2. The Morgan fingerprint density at radius 1 is 1.41 bits per heavy atom. The van der Waals surface area contributed by atoms with Gasteiger partial charge in [0.1, 0.15) is 40.9 Å². The van der Waals surface area contributed by atoms with E-state index in [1.165, 1.54) is 18.0 Å². The molecule has 4 N–H and O–H groups in total. The second-order valence-corrected chi connectivity index (χ2v) is 9.31. The van der Waals surface area contributed by atoms with Gasteiger partial charge in [-0.3, -0.25) is 15.1 Å². The average Bonchev–Trinajstić information content (AvgIpc) is 3.37. The van der Waals surface area contributed by atoms with Gasteiger partial charge in [0.25, 0.3) is 0 Å². The SMILES string of the molecule is CC(C)[C@@H]1NC(=O)[C@]2(C)CSC(=N2)c2coc(n2)CNC(O)C[C@@H](/C=C/CCO)OC1=O. The fourth-order valence-electron chi connectivity index (χ4n) is 3.25.